The standard InChI is InChI=1S/C17H17ClO3/c1-20-14-7-3-12(4-8-14)11-16(17(18)19)13-5-9-15(21-2)10-6-13/h3-10,16H,11H2,1-2H3. The number of hydrogen-bond acceptors (Lipinski definition) is 3. The monoisotopic (exact) mass is 304 g/mol. The Hall–Kier alpha value is -2.00. The number of ether oxygens (including phenoxy) is 2. The average Bonchev–Trinajstić information content (AvgIpc) is 2.53. The van der Waals surface area contributed by atoms with Gasteiger partial charge >= 0.3 is 0 Å². The maximum absolute atomic E-state index is 11.7. The SMILES string of the molecule is COc1ccc(CC(C(=O)Cl)c2ccc(OC)cc2)cc1. The van der Waals surface area contributed by atoms with Crippen molar-refractivity contribution in [3.63, 3.8) is 0 Å². The summed E-state index contributed by atoms with van der Waals surface area (Å²) in [4.78, 5) is 11.7. The van der Waals surface area contributed by atoms with Crippen molar-refractivity contribution >= 4 is 16.8 Å². The zero-order valence-electron chi connectivity index (χ0n) is 12.0. The smallest absolute Gasteiger partial charge is 0.229 e. The molecule has 0 saturated carbocycles. The highest BCUT2D eigenvalue weighted by atomic mass is 35.5. The zero-order chi connectivity index (χ0) is 15.2. The summed E-state index contributed by atoms with van der Waals surface area (Å²) in [5.41, 5.74) is 1.91. The van der Waals surface area contributed by atoms with Crippen LogP contribution in [0.3, 0.4) is 0 Å². The minimum atomic E-state index is -0.369. The van der Waals surface area contributed by atoms with E-state index in [0.717, 1.165) is 22.6 Å². The van der Waals surface area contributed by atoms with Gasteiger partial charge in [0.2, 0.25) is 5.24 Å². The van der Waals surface area contributed by atoms with Gasteiger partial charge in [0.1, 0.15) is 11.5 Å². The van der Waals surface area contributed by atoms with Gasteiger partial charge in [-0.05, 0) is 53.4 Å². The Balaban J connectivity index is 2.19. The van der Waals surface area contributed by atoms with E-state index in [-0.39, 0.29) is 11.2 Å². The topological polar surface area (TPSA) is 35.5 Å². The highest BCUT2D eigenvalue weighted by molar-refractivity contribution is 6.64. The number of methoxy groups -OCH3 is 2. The predicted molar refractivity (Wildman–Crippen MR) is 83.3 cm³/mol. The molecule has 4 heteroatoms. The zero-order valence-corrected chi connectivity index (χ0v) is 12.8. The summed E-state index contributed by atoms with van der Waals surface area (Å²) in [5, 5.41) is -0.365. The predicted octanol–water partition coefficient (Wildman–Crippen LogP) is 3.80. The molecule has 1 atom stereocenters. The maximum atomic E-state index is 11.7. The molecule has 0 aliphatic carbocycles. The van der Waals surface area contributed by atoms with Gasteiger partial charge in [-0.25, -0.2) is 0 Å². The Morgan fingerprint density at radius 1 is 0.952 bits per heavy atom. The second kappa shape index (κ2) is 7.14. The fraction of sp³-hybridized carbons (Fsp3) is 0.235. The van der Waals surface area contributed by atoms with Crippen LogP contribution in [0.2, 0.25) is 0 Å². The first kappa shape index (κ1) is 15.4. The van der Waals surface area contributed by atoms with Crippen LogP contribution in [-0.4, -0.2) is 19.5 Å². The molecular formula is C17H17ClO3. The first-order valence-corrected chi connectivity index (χ1v) is 6.98. The minimum Gasteiger partial charge on any atom is -0.497 e. The molecule has 0 heterocycles. The molecule has 0 aromatic heterocycles. The first-order chi connectivity index (χ1) is 10.1. The van der Waals surface area contributed by atoms with Gasteiger partial charge in [-0.3, -0.25) is 4.79 Å². The lowest BCUT2D eigenvalue weighted by Crippen LogP contribution is -2.10. The van der Waals surface area contributed by atoms with Gasteiger partial charge in [0.25, 0.3) is 0 Å². The molecule has 0 spiro atoms. The molecule has 0 saturated heterocycles. The molecule has 2 aromatic carbocycles. The lowest BCUT2D eigenvalue weighted by molar-refractivity contribution is -0.113. The Labute approximate surface area is 129 Å². The fourth-order valence-electron chi connectivity index (χ4n) is 2.16. The van der Waals surface area contributed by atoms with E-state index in [4.69, 9.17) is 21.1 Å². The first-order valence-electron chi connectivity index (χ1n) is 6.60. The second-order valence-corrected chi connectivity index (χ2v) is 5.05. The summed E-state index contributed by atoms with van der Waals surface area (Å²) in [5.74, 6) is 1.17. The fourth-order valence-corrected chi connectivity index (χ4v) is 2.37. The molecule has 0 aliphatic heterocycles. The van der Waals surface area contributed by atoms with Gasteiger partial charge in [0.15, 0.2) is 0 Å². The van der Waals surface area contributed by atoms with E-state index in [0.29, 0.717) is 6.42 Å². The molecule has 0 bridgehead atoms. The highest BCUT2D eigenvalue weighted by Gasteiger charge is 2.19. The van der Waals surface area contributed by atoms with Crippen molar-refractivity contribution in [1.82, 2.24) is 0 Å². The van der Waals surface area contributed by atoms with E-state index < -0.39 is 0 Å². The molecule has 0 N–H and O–H groups in total. The largest absolute Gasteiger partial charge is 0.497 e. The van der Waals surface area contributed by atoms with Crippen molar-refractivity contribution < 1.29 is 14.3 Å². The molecule has 21 heavy (non-hydrogen) atoms. The van der Waals surface area contributed by atoms with Crippen molar-refractivity contribution in [1.29, 1.82) is 0 Å². The van der Waals surface area contributed by atoms with E-state index in [1.807, 2.05) is 48.5 Å². The number of carbonyl (C=O) groups is 1. The number of hydrogen-bond donors (Lipinski definition) is 0. The summed E-state index contributed by atoms with van der Waals surface area (Å²) in [6.07, 6.45) is 0.554. The molecule has 110 valence electrons. The molecular weight excluding hydrogens is 288 g/mol. The van der Waals surface area contributed by atoms with Crippen molar-refractivity contribution in [3.8, 4) is 11.5 Å². The molecule has 2 rings (SSSR count). The number of halogens is 1. The van der Waals surface area contributed by atoms with Crippen molar-refractivity contribution in [2.45, 2.75) is 12.3 Å². The van der Waals surface area contributed by atoms with Gasteiger partial charge in [-0.1, -0.05) is 24.3 Å². The van der Waals surface area contributed by atoms with E-state index >= 15 is 0 Å². The number of carbonyl (C=O) groups excluding carboxylic acids is 1. The van der Waals surface area contributed by atoms with Crippen LogP contribution in [0.15, 0.2) is 48.5 Å². The summed E-state index contributed by atoms with van der Waals surface area (Å²) in [7, 11) is 3.23. The lowest BCUT2D eigenvalue weighted by atomic mass is 9.93. The minimum absolute atomic E-state index is 0.365. The van der Waals surface area contributed by atoms with Crippen molar-refractivity contribution in [2.24, 2.45) is 0 Å². The van der Waals surface area contributed by atoms with Crippen LogP contribution in [0.1, 0.15) is 17.0 Å². The van der Waals surface area contributed by atoms with Crippen LogP contribution in [0.5, 0.6) is 11.5 Å². The Bertz CT molecular complexity index is 590. The van der Waals surface area contributed by atoms with Crippen molar-refractivity contribution in [2.75, 3.05) is 14.2 Å². The maximum Gasteiger partial charge on any atom is 0.229 e. The summed E-state index contributed by atoms with van der Waals surface area (Å²) in [6, 6.07) is 15.0. The molecule has 0 radical (unpaired) electrons. The van der Waals surface area contributed by atoms with Gasteiger partial charge in [0, 0.05) is 0 Å². The van der Waals surface area contributed by atoms with E-state index in [2.05, 4.69) is 0 Å². The Morgan fingerprint density at radius 3 is 1.86 bits per heavy atom. The quantitative estimate of drug-likeness (QED) is 0.762. The van der Waals surface area contributed by atoms with Crippen LogP contribution in [0.4, 0.5) is 0 Å². The summed E-state index contributed by atoms with van der Waals surface area (Å²) >= 11 is 5.77. The van der Waals surface area contributed by atoms with Crippen LogP contribution in [0.25, 0.3) is 0 Å². The Morgan fingerprint density at radius 2 is 1.43 bits per heavy atom. The summed E-state index contributed by atoms with van der Waals surface area (Å²) < 4.78 is 10.2. The third-order valence-corrected chi connectivity index (χ3v) is 3.65. The van der Waals surface area contributed by atoms with Crippen LogP contribution in [0, 0.1) is 0 Å². The van der Waals surface area contributed by atoms with Crippen LogP contribution >= 0.6 is 11.6 Å². The van der Waals surface area contributed by atoms with Crippen LogP contribution < -0.4 is 9.47 Å². The number of benzene rings is 2. The van der Waals surface area contributed by atoms with E-state index in [9.17, 15) is 4.79 Å². The van der Waals surface area contributed by atoms with Crippen molar-refractivity contribution in [3.05, 3.63) is 59.7 Å². The van der Waals surface area contributed by atoms with E-state index in [1.165, 1.54) is 0 Å². The van der Waals surface area contributed by atoms with Gasteiger partial charge in [-0.2, -0.15) is 0 Å². The molecule has 0 fully saturated rings. The van der Waals surface area contributed by atoms with Gasteiger partial charge in [0.05, 0.1) is 20.1 Å². The highest BCUT2D eigenvalue weighted by Crippen LogP contribution is 2.26. The molecule has 0 amide bonds. The van der Waals surface area contributed by atoms with Gasteiger partial charge in [-0.15, -0.1) is 0 Å². The van der Waals surface area contributed by atoms with Gasteiger partial charge < -0.3 is 9.47 Å². The molecule has 3 nitrogen and oxygen atoms in total. The second-order valence-electron chi connectivity index (χ2n) is 4.68. The Kier molecular flexibility index (Phi) is 5.23. The molecule has 1 unspecified atom stereocenters. The third kappa shape index (κ3) is 3.99. The average molecular weight is 305 g/mol. The molecule has 2 aromatic rings. The lowest BCUT2D eigenvalue weighted by Gasteiger charge is -2.14. The van der Waals surface area contributed by atoms with E-state index in [1.54, 1.807) is 14.2 Å². The molecule has 0 aliphatic rings. The number of rotatable bonds is 6. The normalized spacial score (nSPS) is 11.8. The summed E-state index contributed by atoms with van der Waals surface area (Å²) in [6.45, 7) is 0. The third-order valence-electron chi connectivity index (χ3n) is 3.39. The van der Waals surface area contributed by atoms with Crippen LogP contribution in [-0.2, 0) is 11.2 Å².